The van der Waals surface area contributed by atoms with Gasteiger partial charge in [-0.25, -0.2) is 0 Å². The first-order valence-corrected chi connectivity index (χ1v) is 6.11. The van der Waals surface area contributed by atoms with Crippen LogP contribution in [0.3, 0.4) is 0 Å². The maximum Gasteiger partial charge on any atom is 0.417 e. The quantitative estimate of drug-likeness (QED) is 0.836. The third kappa shape index (κ3) is 3.58. The first-order valence-electron chi connectivity index (χ1n) is 6.11. The maximum absolute atomic E-state index is 12.6. The molecule has 1 aliphatic rings. The van der Waals surface area contributed by atoms with Crippen molar-refractivity contribution in [3.8, 4) is 0 Å². The third-order valence-electron chi connectivity index (χ3n) is 3.82. The van der Waals surface area contributed by atoms with Gasteiger partial charge in [0, 0.05) is 19.6 Å². The standard InChI is InChI=1S/C12H22F3NO/c1-4-10(2,3)9-16-7-5-11(17,6-8-16)12(13,14)15/h17H,4-9H2,1-3H3. The normalized spacial score (nSPS) is 22.8. The highest BCUT2D eigenvalue weighted by Crippen LogP contribution is 2.38. The van der Waals surface area contributed by atoms with Gasteiger partial charge >= 0.3 is 6.18 Å². The SMILES string of the molecule is CCC(C)(C)CN1CCC(O)(C(F)(F)F)CC1. The first kappa shape index (κ1) is 14.8. The zero-order valence-corrected chi connectivity index (χ0v) is 10.8. The minimum Gasteiger partial charge on any atom is -0.380 e. The molecule has 2 nitrogen and oxygen atoms in total. The van der Waals surface area contributed by atoms with E-state index in [1.54, 1.807) is 0 Å². The molecule has 0 unspecified atom stereocenters. The van der Waals surface area contributed by atoms with E-state index in [4.69, 9.17) is 0 Å². The molecule has 102 valence electrons. The summed E-state index contributed by atoms with van der Waals surface area (Å²) in [6.45, 7) is 7.72. The summed E-state index contributed by atoms with van der Waals surface area (Å²) in [6.07, 6.45) is -3.93. The Balaban J connectivity index is 2.52. The van der Waals surface area contributed by atoms with Gasteiger partial charge in [-0.3, -0.25) is 0 Å². The van der Waals surface area contributed by atoms with Crippen molar-refractivity contribution in [3.63, 3.8) is 0 Å². The summed E-state index contributed by atoms with van der Waals surface area (Å²) in [6, 6.07) is 0. The van der Waals surface area contributed by atoms with Crippen molar-refractivity contribution in [3.05, 3.63) is 0 Å². The Hall–Kier alpha value is -0.290. The average Bonchev–Trinajstić information content (AvgIpc) is 2.20. The molecular weight excluding hydrogens is 231 g/mol. The average molecular weight is 253 g/mol. The second-order valence-corrected chi connectivity index (χ2v) is 5.82. The highest BCUT2D eigenvalue weighted by Gasteiger charge is 2.54. The molecule has 1 heterocycles. The summed E-state index contributed by atoms with van der Waals surface area (Å²) >= 11 is 0. The number of aliphatic hydroxyl groups is 1. The molecule has 0 saturated carbocycles. The van der Waals surface area contributed by atoms with E-state index in [9.17, 15) is 18.3 Å². The topological polar surface area (TPSA) is 23.5 Å². The van der Waals surface area contributed by atoms with E-state index in [1.165, 1.54) is 0 Å². The van der Waals surface area contributed by atoms with Crippen molar-refractivity contribution in [2.24, 2.45) is 5.41 Å². The number of nitrogens with zero attached hydrogens (tertiary/aromatic N) is 1. The van der Waals surface area contributed by atoms with Gasteiger partial charge in [0.1, 0.15) is 0 Å². The molecule has 5 heteroatoms. The van der Waals surface area contributed by atoms with E-state index in [0.717, 1.165) is 13.0 Å². The van der Waals surface area contributed by atoms with Crippen molar-refractivity contribution in [2.75, 3.05) is 19.6 Å². The Labute approximate surface area is 101 Å². The molecule has 0 amide bonds. The lowest BCUT2D eigenvalue weighted by atomic mass is 9.86. The van der Waals surface area contributed by atoms with Crippen LogP contribution in [-0.4, -0.2) is 41.4 Å². The number of hydrogen-bond acceptors (Lipinski definition) is 2. The fourth-order valence-corrected chi connectivity index (χ4v) is 2.08. The van der Waals surface area contributed by atoms with Crippen molar-refractivity contribution < 1.29 is 18.3 Å². The molecule has 1 saturated heterocycles. The van der Waals surface area contributed by atoms with Crippen LogP contribution in [0, 0.1) is 5.41 Å². The number of alkyl halides is 3. The van der Waals surface area contributed by atoms with Crippen LogP contribution < -0.4 is 0 Å². The minimum absolute atomic E-state index is 0.119. The highest BCUT2D eigenvalue weighted by atomic mass is 19.4. The van der Waals surface area contributed by atoms with Gasteiger partial charge in [0.2, 0.25) is 0 Å². The van der Waals surface area contributed by atoms with Gasteiger partial charge < -0.3 is 10.0 Å². The second-order valence-electron chi connectivity index (χ2n) is 5.82. The van der Waals surface area contributed by atoms with Crippen LogP contribution in [0.4, 0.5) is 13.2 Å². The van der Waals surface area contributed by atoms with Crippen molar-refractivity contribution in [1.29, 1.82) is 0 Å². The molecule has 0 atom stereocenters. The molecule has 0 aromatic carbocycles. The lowest BCUT2D eigenvalue weighted by Gasteiger charge is -2.41. The molecule has 0 radical (unpaired) electrons. The van der Waals surface area contributed by atoms with Crippen LogP contribution in [0.25, 0.3) is 0 Å². The smallest absolute Gasteiger partial charge is 0.380 e. The summed E-state index contributed by atoms with van der Waals surface area (Å²) < 4.78 is 37.8. The molecule has 0 bridgehead atoms. The Morgan fingerprint density at radius 1 is 1.18 bits per heavy atom. The van der Waals surface area contributed by atoms with Crippen LogP contribution in [0.5, 0.6) is 0 Å². The van der Waals surface area contributed by atoms with E-state index in [-0.39, 0.29) is 18.3 Å². The fraction of sp³-hybridized carbons (Fsp3) is 1.00. The lowest BCUT2D eigenvalue weighted by Crippen LogP contribution is -2.54. The molecule has 0 spiro atoms. The highest BCUT2D eigenvalue weighted by molar-refractivity contribution is 4.92. The molecule has 0 aliphatic carbocycles. The van der Waals surface area contributed by atoms with Gasteiger partial charge in [-0.2, -0.15) is 13.2 Å². The second kappa shape index (κ2) is 4.76. The molecule has 17 heavy (non-hydrogen) atoms. The summed E-state index contributed by atoms with van der Waals surface area (Å²) in [5, 5.41) is 9.53. The van der Waals surface area contributed by atoms with Crippen LogP contribution in [-0.2, 0) is 0 Å². The number of likely N-dealkylation sites (tertiary alicyclic amines) is 1. The molecule has 0 aromatic rings. The van der Waals surface area contributed by atoms with Crippen molar-refractivity contribution in [1.82, 2.24) is 4.90 Å². The number of rotatable bonds is 3. The van der Waals surface area contributed by atoms with Crippen molar-refractivity contribution in [2.45, 2.75) is 51.8 Å². The van der Waals surface area contributed by atoms with Gasteiger partial charge in [0.15, 0.2) is 5.60 Å². The minimum atomic E-state index is -4.50. The van der Waals surface area contributed by atoms with E-state index in [0.29, 0.717) is 13.1 Å². The van der Waals surface area contributed by atoms with E-state index in [1.807, 2.05) is 4.90 Å². The Kier molecular flexibility index (Phi) is 4.14. The van der Waals surface area contributed by atoms with Gasteiger partial charge in [-0.05, 0) is 24.7 Å². The van der Waals surface area contributed by atoms with Crippen LogP contribution >= 0.6 is 0 Å². The van der Waals surface area contributed by atoms with Gasteiger partial charge in [-0.1, -0.05) is 20.8 Å². The zero-order valence-electron chi connectivity index (χ0n) is 10.8. The summed E-state index contributed by atoms with van der Waals surface area (Å²) in [4.78, 5) is 2.02. The first-order chi connectivity index (χ1) is 7.60. The van der Waals surface area contributed by atoms with Gasteiger partial charge in [0.25, 0.3) is 0 Å². The molecule has 0 aromatic heterocycles. The van der Waals surface area contributed by atoms with E-state index >= 15 is 0 Å². The lowest BCUT2D eigenvalue weighted by molar-refractivity contribution is -0.273. The summed E-state index contributed by atoms with van der Waals surface area (Å²) in [7, 11) is 0. The van der Waals surface area contributed by atoms with Gasteiger partial charge in [0.05, 0.1) is 0 Å². The van der Waals surface area contributed by atoms with Crippen LogP contribution in [0.1, 0.15) is 40.0 Å². The zero-order chi connectivity index (χ0) is 13.3. The largest absolute Gasteiger partial charge is 0.417 e. The molecular formula is C12H22F3NO. The molecule has 1 N–H and O–H groups in total. The Morgan fingerprint density at radius 3 is 2.00 bits per heavy atom. The number of hydrogen-bond donors (Lipinski definition) is 1. The van der Waals surface area contributed by atoms with Gasteiger partial charge in [-0.15, -0.1) is 0 Å². The van der Waals surface area contributed by atoms with E-state index in [2.05, 4.69) is 20.8 Å². The van der Waals surface area contributed by atoms with Crippen molar-refractivity contribution >= 4 is 0 Å². The Bertz CT molecular complexity index is 255. The van der Waals surface area contributed by atoms with Crippen LogP contribution in [0.15, 0.2) is 0 Å². The predicted octanol–water partition coefficient (Wildman–Crippen LogP) is 2.81. The predicted molar refractivity (Wildman–Crippen MR) is 60.8 cm³/mol. The number of piperidine rings is 1. The Morgan fingerprint density at radius 2 is 1.65 bits per heavy atom. The monoisotopic (exact) mass is 253 g/mol. The molecule has 1 fully saturated rings. The summed E-state index contributed by atoms with van der Waals surface area (Å²) in [5.74, 6) is 0. The summed E-state index contributed by atoms with van der Waals surface area (Å²) in [5.41, 5.74) is -2.35. The molecule has 1 rings (SSSR count). The third-order valence-corrected chi connectivity index (χ3v) is 3.82. The number of halogens is 3. The fourth-order valence-electron chi connectivity index (χ4n) is 2.08. The maximum atomic E-state index is 12.6. The molecule has 1 aliphatic heterocycles. The van der Waals surface area contributed by atoms with Crippen LogP contribution in [0.2, 0.25) is 0 Å². The van der Waals surface area contributed by atoms with E-state index < -0.39 is 11.8 Å².